The topological polar surface area (TPSA) is 183 Å². The first-order valence-electron chi connectivity index (χ1n) is 31.7. The third kappa shape index (κ3) is 47.6. The number of hydrogen-bond donors (Lipinski definition) is 5. The van der Waals surface area contributed by atoms with Gasteiger partial charge in [-0.15, -0.1) is 0 Å². The molecule has 1 aromatic rings. The molecule has 0 bridgehead atoms. The van der Waals surface area contributed by atoms with Crippen LogP contribution in [0.4, 0.5) is 0 Å². The Kier molecular flexibility index (Phi) is 59.7. The van der Waals surface area contributed by atoms with Gasteiger partial charge >= 0.3 is 5.97 Å². The minimum absolute atomic E-state index is 0.00667. The van der Waals surface area contributed by atoms with Gasteiger partial charge in [-0.05, 0) is 45.1 Å². The second kappa shape index (κ2) is 59.6. The van der Waals surface area contributed by atoms with Crippen LogP contribution in [-0.2, 0) is 43.6 Å². The number of aliphatic hydroxyl groups excluding tert-OH is 3. The lowest BCUT2D eigenvalue weighted by Crippen LogP contribution is -2.56. The Bertz CT molecular complexity index is 1330. The van der Waals surface area contributed by atoms with Gasteiger partial charge in [0.15, 0.2) is 0 Å². The van der Waals surface area contributed by atoms with Crippen LogP contribution in [0.1, 0.15) is 253 Å². The van der Waals surface area contributed by atoms with Gasteiger partial charge in [-0.25, -0.2) is 4.79 Å². The number of unbranched alkanes of at least 4 members (excludes halogenated alkanes) is 24. The van der Waals surface area contributed by atoms with Crippen molar-refractivity contribution in [2.24, 2.45) is 0 Å². The third-order valence-electron chi connectivity index (χ3n) is 14.1. The number of carbonyl (C=O) groups is 1. The van der Waals surface area contributed by atoms with Gasteiger partial charge in [0.1, 0.15) is 11.2 Å². The molecular weight excluding hydrogens is 989 g/mol. The van der Waals surface area contributed by atoms with Crippen LogP contribution in [0.2, 0.25) is 0 Å². The van der Waals surface area contributed by atoms with Crippen LogP contribution in [0.25, 0.3) is 0 Å². The molecule has 0 saturated carbocycles. The number of aliphatic carboxylic acids is 1. The Hall–Kier alpha value is -2.01. The molecule has 0 aliphatic carbocycles. The minimum atomic E-state index is -1.09. The molecular formula is C65H124O13. The van der Waals surface area contributed by atoms with Crippen molar-refractivity contribution < 1.29 is 63.5 Å². The van der Waals surface area contributed by atoms with E-state index in [1.807, 2.05) is 0 Å². The van der Waals surface area contributed by atoms with Crippen LogP contribution in [0.5, 0.6) is 0 Å². The summed E-state index contributed by atoms with van der Waals surface area (Å²) >= 11 is 0. The van der Waals surface area contributed by atoms with Crippen molar-refractivity contribution in [1.29, 1.82) is 0 Å². The zero-order valence-electron chi connectivity index (χ0n) is 51.2. The monoisotopic (exact) mass is 1110 g/mol. The molecule has 0 aromatic heterocycles. The molecule has 4 atom stereocenters. The smallest absolute Gasteiger partial charge is 0.327 e. The third-order valence-corrected chi connectivity index (χ3v) is 14.1. The normalized spacial score (nSPS) is 13.5. The molecule has 0 heterocycles. The zero-order valence-corrected chi connectivity index (χ0v) is 51.2. The van der Waals surface area contributed by atoms with Gasteiger partial charge in [0.05, 0.1) is 104 Å². The van der Waals surface area contributed by atoms with Crippen LogP contribution >= 0.6 is 0 Å². The van der Waals surface area contributed by atoms with E-state index in [0.717, 1.165) is 69.4 Å². The van der Waals surface area contributed by atoms with Crippen molar-refractivity contribution in [2.45, 2.75) is 277 Å². The summed E-state index contributed by atoms with van der Waals surface area (Å²) in [7, 11) is 0. The molecule has 5 N–H and O–H groups in total. The summed E-state index contributed by atoms with van der Waals surface area (Å²) < 4.78 is 41.5. The van der Waals surface area contributed by atoms with Gasteiger partial charge in [0.2, 0.25) is 0 Å². The van der Waals surface area contributed by atoms with Crippen molar-refractivity contribution in [3.05, 3.63) is 48.6 Å². The van der Waals surface area contributed by atoms with Crippen LogP contribution in [-0.4, -0.2) is 141 Å². The Balaban J connectivity index is 0. The summed E-state index contributed by atoms with van der Waals surface area (Å²) in [6, 6.07) is 10.7. The maximum atomic E-state index is 13.7. The van der Waals surface area contributed by atoms with Crippen molar-refractivity contribution in [3.8, 4) is 0 Å². The van der Waals surface area contributed by atoms with Crippen LogP contribution < -0.4 is 0 Å². The van der Waals surface area contributed by atoms with E-state index in [2.05, 4.69) is 64.6 Å². The maximum Gasteiger partial charge on any atom is 0.327 e. The maximum absolute atomic E-state index is 13.7. The molecule has 4 unspecified atom stereocenters. The summed E-state index contributed by atoms with van der Waals surface area (Å²) in [5.74, 6) is -0.981. The predicted octanol–water partition coefficient (Wildman–Crippen LogP) is 14.7. The number of rotatable bonds is 57. The van der Waals surface area contributed by atoms with E-state index in [4.69, 9.17) is 53.6 Å². The van der Waals surface area contributed by atoms with E-state index < -0.39 is 23.3 Å². The number of hydrogen-bond acceptors (Lipinski definition) is 12. The van der Waals surface area contributed by atoms with Crippen LogP contribution in [0.15, 0.2) is 43.0 Å². The van der Waals surface area contributed by atoms with Crippen molar-refractivity contribution >= 4 is 5.97 Å². The van der Waals surface area contributed by atoms with Gasteiger partial charge < -0.3 is 58.7 Å². The van der Waals surface area contributed by atoms with Crippen molar-refractivity contribution in [2.75, 3.05) is 85.9 Å². The van der Waals surface area contributed by atoms with Gasteiger partial charge in [0, 0.05) is 6.08 Å². The molecule has 1 rings (SSSR count). The largest absolute Gasteiger partial charge is 0.478 e. The SMILES string of the molecule is C=CC(=O)O.CC(O)COC(C)CO.CCCCCCCCCC(COCCOCCOCCOCCOCCO)OC(CCCCCCCCC)(CCCCCCCCC)C(O)(CCCCCCCCC)c1ccccc1. The van der Waals surface area contributed by atoms with Crippen molar-refractivity contribution in [1.82, 2.24) is 0 Å². The lowest BCUT2D eigenvalue weighted by molar-refractivity contribution is -0.234. The molecule has 13 nitrogen and oxygen atoms in total. The molecule has 0 aliphatic rings. The highest BCUT2D eigenvalue weighted by Gasteiger charge is 2.52. The first kappa shape index (κ1) is 78.1. The minimum Gasteiger partial charge on any atom is -0.478 e. The van der Waals surface area contributed by atoms with Crippen molar-refractivity contribution in [3.63, 3.8) is 0 Å². The highest BCUT2D eigenvalue weighted by atomic mass is 16.6. The quantitative estimate of drug-likeness (QED) is 0.0307. The summed E-state index contributed by atoms with van der Waals surface area (Å²) in [5.41, 5.74) is -0.776. The molecule has 1 aromatic carbocycles. The summed E-state index contributed by atoms with van der Waals surface area (Å²) in [6.45, 7) is 20.7. The average molecular weight is 1110 g/mol. The molecule has 0 spiro atoms. The van der Waals surface area contributed by atoms with E-state index in [0.29, 0.717) is 72.7 Å². The fourth-order valence-electron chi connectivity index (χ4n) is 9.52. The summed E-state index contributed by atoms with van der Waals surface area (Å²) in [6.07, 6.45) is 38.2. The molecule has 78 heavy (non-hydrogen) atoms. The second-order valence-corrected chi connectivity index (χ2v) is 21.5. The van der Waals surface area contributed by atoms with E-state index in [-0.39, 0.29) is 25.4 Å². The number of carboxylic acid groups (broad SMARTS) is 1. The van der Waals surface area contributed by atoms with Crippen LogP contribution in [0.3, 0.4) is 0 Å². The number of aliphatic hydroxyl groups is 4. The lowest BCUT2D eigenvalue weighted by atomic mass is 9.69. The number of carboxylic acids is 1. The first-order chi connectivity index (χ1) is 38.0. The molecule has 0 fully saturated rings. The molecule has 0 saturated heterocycles. The van der Waals surface area contributed by atoms with Gasteiger partial charge in [-0.1, -0.05) is 244 Å². The second-order valence-electron chi connectivity index (χ2n) is 21.5. The predicted molar refractivity (Wildman–Crippen MR) is 322 cm³/mol. The fourth-order valence-corrected chi connectivity index (χ4v) is 9.52. The lowest BCUT2D eigenvalue weighted by Gasteiger charge is -2.50. The standard InChI is InChI=1S/C56H106O8.C6H14O3.C3H4O2/c1-5-9-13-17-21-25-32-38-54(52-63-51-50-62-49-48-61-47-46-60-45-44-59-43-42-57)64-55(39-33-26-22-18-14-10-6-2,40-34-27-23-19-15-11-7-3)56(58,53-36-30-29-31-37-53)41-35-28-24-20-16-12-8-4;1-5(8)4-9-6(2)3-7;1-2-3(4)5/h29-31,36-37,54,57-58H,5-28,32-35,38-52H2,1-4H3;5-8H,3-4H2,1-2H3;2H,1H2,(H,4,5). The van der Waals surface area contributed by atoms with E-state index >= 15 is 0 Å². The fraction of sp³-hybridized carbons (Fsp3) is 0.862. The zero-order chi connectivity index (χ0) is 57.9. The van der Waals surface area contributed by atoms with Gasteiger partial charge in [-0.2, -0.15) is 0 Å². The van der Waals surface area contributed by atoms with Crippen LogP contribution in [0, 0.1) is 0 Å². The Labute approximate surface area is 478 Å². The van der Waals surface area contributed by atoms with E-state index in [1.54, 1.807) is 13.8 Å². The summed E-state index contributed by atoms with van der Waals surface area (Å²) in [5, 5.41) is 47.2. The van der Waals surface area contributed by atoms with Gasteiger partial charge in [-0.3, -0.25) is 0 Å². The van der Waals surface area contributed by atoms with Gasteiger partial charge in [0.25, 0.3) is 0 Å². The first-order valence-corrected chi connectivity index (χ1v) is 31.7. The molecule has 13 heteroatoms. The Morgan fingerprint density at radius 3 is 1.26 bits per heavy atom. The number of benzene rings is 1. The highest BCUT2D eigenvalue weighted by Crippen LogP contribution is 2.48. The summed E-state index contributed by atoms with van der Waals surface area (Å²) in [4.78, 5) is 9.25. The molecule has 0 radical (unpaired) electrons. The van der Waals surface area contributed by atoms with E-state index in [9.17, 15) is 9.90 Å². The molecule has 0 amide bonds. The highest BCUT2D eigenvalue weighted by molar-refractivity contribution is 5.78. The molecule has 462 valence electrons. The number of ether oxygens (including phenoxy) is 7. The average Bonchev–Trinajstić information content (AvgIpc) is 3.44. The Morgan fingerprint density at radius 2 is 0.885 bits per heavy atom. The van der Waals surface area contributed by atoms with E-state index in [1.165, 1.54) is 148 Å². The molecule has 0 aliphatic heterocycles. The Morgan fingerprint density at radius 1 is 0.526 bits per heavy atom.